The minimum Gasteiger partial charge on any atom is -0.497 e. The SMILES string of the molecule is COc1ccc(OC[C@@H](C)NC(=O)Nc2cccc(Cl)c2)cc1. The molecule has 2 aromatic rings. The zero-order chi connectivity index (χ0) is 16.7. The molecule has 122 valence electrons. The highest BCUT2D eigenvalue weighted by Crippen LogP contribution is 2.17. The van der Waals surface area contributed by atoms with E-state index in [0.717, 1.165) is 11.5 Å². The summed E-state index contributed by atoms with van der Waals surface area (Å²) in [6.07, 6.45) is 0. The van der Waals surface area contributed by atoms with Crippen LogP contribution in [0.1, 0.15) is 6.92 Å². The van der Waals surface area contributed by atoms with E-state index < -0.39 is 0 Å². The van der Waals surface area contributed by atoms with Crippen LogP contribution in [-0.4, -0.2) is 25.8 Å². The van der Waals surface area contributed by atoms with E-state index in [2.05, 4.69) is 10.6 Å². The minimum atomic E-state index is -0.307. The van der Waals surface area contributed by atoms with E-state index in [-0.39, 0.29) is 12.1 Å². The lowest BCUT2D eigenvalue weighted by Crippen LogP contribution is -2.39. The summed E-state index contributed by atoms with van der Waals surface area (Å²) in [7, 11) is 1.61. The number of carbonyl (C=O) groups excluding carboxylic acids is 1. The molecule has 0 saturated heterocycles. The lowest BCUT2D eigenvalue weighted by molar-refractivity contribution is 0.236. The first-order valence-corrected chi connectivity index (χ1v) is 7.54. The van der Waals surface area contributed by atoms with Crippen molar-refractivity contribution in [3.05, 3.63) is 53.6 Å². The average Bonchev–Trinajstić information content (AvgIpc) is 2.53. The molecule has 1 atom stereocenters. The van der Waals surface area contributed by atoms with Crippen LogP contribution in [0.15, 0.2) is 48.5 Å². The number of ether oxygens (including phenoxy) is 2. The minimum absolute atomic E-state index is 0.156. The van der Waals surface area contributed by atoms with Crippen molar-refractivity contribution in [2.45, 2.75) is 13.0 Å². The highest BCUT2D eigenvalue weighted by molar-refractivity contribution is 6.30. The number of hydrogen-bond donors (Lipinski definition) is 2. The fraction of sp³-hybridized carbons (Fsp3) is 0.235. The fourth-order valence-corrected chi connectivity index (χ4v) is 2.08. The third kappa shape index (κ3) is 5.71. The molecule has 0 radical (unpaired) electrons. The van der Waals surface area contributed by atoms with Crippen molar-refractivity contribution >= 4 is 23.3 Å². The number of amides is 2. The largest absolute Gasteiger partial charge is 0.497 e. The summed E-state index contributed by atoms with van der Waals surface area (Å²) in [5.74, 6) is 1.49. The normalized spacial score (nSPS) is 11.4. The molecule has 23 heavy (non-hydrogen) atoms. The first kappa shape index (κ1) is 17.0. The number of nitrogens with one attached hydrogen (secondary N) is 2. The summed E-state index contributed by atoms with van der Waals surface area (Å²) in [5, 5.41) is 6.09. The molecule has 0 aromatic heterocycles. The number of hydrogen-bond acceptors (Lipinski definition) is 3. The molecule has 2 N–H and O–H groups in total. The summed E-state index contributed by atoms with van der Waals surface area (Å²) >= 11 is 5.87. The smallest absolute Gasteiger partial charge is 0.319 e. The Kier molecular flexibility index (Phi) is 6.11. The number of urea groups is 1. The highest BCUT2D eigenvalue weighted by atomic mass is 35.5. The van der Waals surface area contributed by atoms with Crippen LogP contribution in [0.4, 0.5) is 10.5 Å². The first-order valence-electron chi connectivity index (χ1n) is 7.17. The van der Waals surface area contributed by atoms with Gasteiger partial charge in [-0.15, -0.1) is 0 Å². The molecule has 0 aliphatic heterocycles. The van der Waals surface area contributed by atoms with Crippen LogP contribution < -0.4 is 20.1 Å². The molecule has 0 heterocycles. The molecule has 0 bridgehead atoms. The Labute approximate surface area is 140 Å². The van der Waals surface area contributed by atoms with Crippen LogP contribution in [0.3, 0.4) is 0 Å². The van der Waals surface area contributed by atoms with Crippen molar-refractivity contribution in [1.82, 2.24) is 5.32 Å². The topological polar surface area (TPSA) is 59.6 Å². The van der Waals surface area contributed by atoms with Gasteiger partial charge < -0.3 is 20.1 Å². The molecule has 6 heteroatoms. The second-order valence-electron chi connectivity index (χ2n) is 5.00. The van der Waals surface area contributed by atoms with E-state index in [4.69, 9.17) is 21.1 Å². The van der Waals surface area contributed by atoms with E-state index in [0.29, 0.717) is 17.3 Å². The number of halogens is 1. The zero-order valence-electron chi connectivity index (χ0n) is 13.0. The van der Waals surface area contributed by atoms with E-state index >= 15 is 0 Å². The van der Waals surface area contributed by atoms with E-state index in [1.54, 1.807) is 31.4 Å². The van der Waals surface area contributed by atoms with Gasteiger partial charge in [0.1, 0.15) is 18.1 Å². The molecule has 2 aromatic carbocycles. The Morgan fingerprint density at radius 1 is 1.17 bits per heavy atom. The molecule has 0 saturated carbocycles. The van der Waals surface area contributed by atoms with Crippen LogP contribution in [0.25, 0.3) is 0 Å². The Bertz CT molecular complexity index is 647. The average molecular weight is 335 g/mol. The van der Waals surface area contributed by atoms with Crippen LogP contribution in [0, 0.1) is 0 Å². The standard InChI is InChI=1S/C17H19ClN2O3/c1-12(11-23-16-8-6-15(22-2)7-9-16)19-17(21)20-14-5-3-4-13(18)10-14/h3-10,12H,11H2,1-2H3,(H2,19,20,21)/t12-/m1/s1. The van der Waals surface area contributed by atoms with Gasteiger partial charge in [0.25, 0.3) is 0 Å². The van der Waals surface area contributed by atoms with Crippen LogP contribution in [0.5, 0.6) is 11.5 Å². The molecule has 0 aliphatic rings. The van der Waals surface area contributed by atoms with Crippen LogP contribution >= 0.6 is 11.6 Å². The van der Waals surface area contributed by atoms with Gasteiger partial charge in [-0.2, -0.15) is 0 Å². The van der Waals surface area contributed by atoms with Gasteiger partial charge >= 0.3 is 6.03 Å². The number of carbonyl (C=O) groups is 1. The van der Waals surface area contributed by atoms with Crippen molar-refractivity contribution < 1.29 is 14.3 Å². The summed E-state index contributed by atoms with van der Waals surface area (Å²) in [4.78, 5) is 11.9. The number of methoxy groups -OCH3 is 1. The Hall–Kier alpha value is -2.40. The predicted octanol–water partition coefficient (Wildman–Crippen LogP) is 3.94. The van der Waals surface area contributed by atoms with E-state index in [1.165, 1.54) is 0 Å². The van der Waals surface area contributed by atoms with Crippen molar-refractivity contribution in [2.75, 3.05) is 19.0 Å². The molecule has 0 fully saturated rings. The molecular formula is C17H19ClN2O3. The van der Waals surface area contributed by atoms with Gasteiger partial charge in [-0.05, 0) is 49.4 Å². The number of benzene rings is 2. The molecule has 0 unspecified atom stereocenters. The quantitative estimate of drug-likeness (QED) is 0.841. The highest BCUT2D eigenvalue weighted by Gasteiger charge is 2.08. The lowest BCUT2D eigenvalue weighted by atomic mass is 10.3. The Balaban J connectivity index is 1.77. The third-order valence-electron chi connectivity index (χ3n) is 3.02. The van der Waals surface area contributed by atoms with Gasteiger partial charge in [-0.25, -0.2) is 4.79 Å². The molecular weight excluding hydrogens is 316 g/mol. The third-order valence-corrected chi connectivity index (χ3v) is 3.25. The monoisotopic (exact) mass is 334 g/mol. The van der Waals surface area contributed by atoms with Crippen molar-refractivity contribution in [3.8, 4) is 11.5 Å². The van der Waals surface area contributed by atoms with Gasteiger partial charge in [0.05, 0.1) is 13.2 Å². The first-order chi connectivity index (χ1) is 11.1. The maximum absolute atomic E-state index is 11.9. The van der Waals surface area contributed by atoms with Gasteiger partial charge in [0, 0.05) is 10.7 Å². The summed E-state index contributed by atoms with van der Waals surface area (Å²) in [5.41, 5.74) is 0.637. The van der Waals surface area contributed by atoms with Gasteiger partial charge in [0.2, 0.25) is 0 Å². The Morgan fingerprint density at radius 2 is 1.87 bits per heavy atom. The van der Waals surface area contributed by atoms with Gasteiger partial charge in [-0.1, -0.05) is 17.7 Å². The molecule has 2 rings (SSSR count). The second-order valence-corrected chi connectivity index (χ2v) is 5.43. The van der Waals surface area contributed by atoms with Crippen molar-refractivity contribution in [3.63, 3.8) is 0 Å². The van der Waals surface area contributed by atoms with Gasteiger partial charge in [-0.3, -0.25) is 0 Å². The van der Waals surface area contributed by atoms with E-state index in [9.17, 15) is 4.79 Å². The number of anilines is 1. The molecule has 0 spiro atoms. The maximum atomic E-state index is 11.9. The number of rotatable bonds is 6. The van der Waals surface area contributed by atoms with Gasteiger partial charge in [0.15, 0.2) is 0 Å². The van der Waals surface area contributed by atoms with E-state index in [1.807, 2.05) is 31.2 Å². The second kappa shape index (κ2) is 8.29. The molecule has 2 amide bonds. The van der Waals surface area contributed by atoms with Crippen LogP contribution in [0.2, 0.25) is 5.02 Å². The lowest BCUT2D eigenvalue weighted by Gasteiger charge is -2.16. The molecule has 5 nitrogen and oxygen atoms in total. The Morgan fingerprint density at radius 3 is 2.52 bits per heavy atom. The summed E-state index contributed by atoms with van der Waals surface area (Å²) in [6, 6.07) is 13.8. The fourth-order valence-electron chi connectivity index (χ4n) is 1.89. The van der Waals surface area contributed by atoms with Crippen molar-refractivity contribution in [2.24, 2.45) is 0 Å². The summed E-state index contributed by atoms with van der Waals surface area (Å²) < 4.78 is 10.7. The zero-order valence-corrected chi connectivity index (χ0v) is 13.8. The summed E-state index contributed by atoms with van der Waals surface area (Å²) in [6.45, 7) is 2.22. The van der Waals surface area contributed by atoms with Crippen LogP contribution in [-0.2, 0) is 0 Å². The molecule has 0 aliphatic carbocycles. The maximum Gasteiger partial charge on any atom is 0.319 e. The van der Waals surface area contributed by atoms with Crippen molar-refractivity contribution in [1.29, 1.82) is 0 Å². The predicted molar refractivity (Wildman–Crippen MR) is 91.6 cm³/mol.